The van der Waals surface area contributed by atoms with Gasteiger partial charge >= 0.3 is 5.97 Å². The van der Waals surface area contributed by atoms with E-state index in [2.05, 4.69) is 16.6 Å². The average molecular weight is 232 g/mol. The Kier molecular flexibility index (Phi) is 4.11. The van der Waals surface area contributed by atoms with Crippen molar-refractivity contribution >= 4 is 5.97 Å². The minimum absolute atomic E-state index is 0.0435. The Morgan fingerprint density at radius 2 is 1.94 bits per heavy atom. The lowest BCUT2D eigenvalue weighted by Crippen LogP contribution is -2.22. The van der Waals surface area contributed by atoms with E-state index in [4.69, 9.17) is 5.26 Å². The first-order chi connectivity index (χ1) is 8.04. The fraction of sp³-hybridized carbons (Fsp3) is 0.385. The second-order valence-electron chi connectivity index (χ2n) is 3.75. The second kappa shape index (κ2) is 5.35. The van der Waals surface area contributed by atoms with E-state index in [1.54, 1.807) is 0 Å². The van der Waals surface area contributed by atoms with Gasteiger partial charge in [0.15, 0.2) is 0 Å². The molecule has 0 bridgehead atoms. The van der Waals surface area contributed by atoms with Crippen molar-refractivity contribution in [3.63, 3.8) is 0 Å². The molecule has 17 heavy (non-hydrogen) atoms. The summed E-state index contributed by atoms with van der Waals surface area (Å²) in [5, 5.41) is 8.99. The molecular weight excluding hydrogens is 216 g/mol. The topological polar surface area (TPSA) is 53.3 Å². The van der Waals surface area contributed by atoms with Crippen molar-refractivity contribution in [2.45, 2.75) is 20.8 Å². The molecule has 1 heterocycles. The molecule has 0 N–H and O–H groups in total. The lowest BCUT2D eigenvalue weighted by Gasteiger charge is -2.28. The Morgan fingerprint density at radius 3 is 2.29 bits per heavy atom. The maximum absolute atomic E-state index is 11.4. The zero-order valence-corrected chi connectivity index (χ0v) is 10.6. The van der Waals surface area contributed by atoms with Crippen molar-refractivity contribution in [2.24, 2.45) is 0 Å². The third-order valence-corrected chi connectivity index (χ3v) is 2.69. The summed E-state index contributed by atoms with van der Waals surface area (Å²) in [7, 11) is 1.27. The first-order valence-electron chi connectivity index (χ1n) is 5.42. The molecule has 0 saturated carbocycles. The molecule has 0 saturated heterocycles. The summed E-state index contributed by atoms with van der Waals surface area (Å²) in [6, 6.07) is 1.89. The standard InChI is InChI=1S/C13H16N2O2/c1-5-15-9(2)6-11(7-10(15)3)12(8-14)13(16)17-4/h6-7H,5H2,1-4H3. The molecule has 1 aliphatic rings. The predicted octanol–water partition coefficient (Wildman–Crippen LogP) is 2.12. The molecular formula is C13H16N2O2. The van der Waals surface area contributed by atoms with Gasteiger partial charge in [0.25, 0.3) is 0 Å². The fourth-order valence-corrected chi connectivity index (χ4v) is 1.90. The highest BCUT2D eigenvalue weighted by Crippen LogP contribution is 2.24. The highest BCUT2D eigenvalue weighted by atomic mass is 16.5. The van der Waals surface area contributed by atoms with Gasteiger partial charge in [-0.15, -0.1) is 0 Å². The van der Waals surface area contributed by atoms with Gasteiger partial charge in [-0.25, -0.2) is 4.79 Å². The number of rotatable bonds is 2. The molecule has 0 aromatic heterocycles. The Bertz CT molecular complexity index is 442. The van der Waals surface area contributed by atoms with Crippen molar-refractivity contribution in [3.8, 4) is 6.07 Å². The molecule has 4 heteroatoms. The number of hydrogen-bond donors (Lipinski definition) is 0. The van der Waals surface area contributed by atoms with Crippen molar-refractivity contribution in [3.05, 3.63) is 34.7 Å². The van der Waals surface area contributed by atoms with Crippen LogP contribution in [0.1, 0.15) is 20.8 Å². The van der Waals surface area contributed by atoms with Crippen LogP contribution in [0.25, 0.3) is 0 Å². The van der Waals surface area contributed by atoms with Crippen LogP contribution in [-0.4, -0.2) is 24.5 Å². The summed E-state index contributed by atoms with van der Waals surface area (Å²) in [5.41, 5.74) is 2.68. The minimum Gasteiger partial charge on any atom is -0.465 e. The van der Waals surface area contributed by atoms with Gasteiger partial charge < -0.3 is 9.64 Å². The molecule has 0 unspecified atom stereocenters. The summed E-state index contributed by atoms with van der Waals surface area (Å²) < 4.78 is 4.59. The molecule has 0 aliphatic carbocycles. The first-order valence-corrected chi connectivity index (χ1v) is 5.42. The van der Waals surface area contributed by atoms with Crippen LogP contribution >= 0.6 is 0 Å². The third-order valence-electron chi connectivity index (χ3n) is 2.69. The molecule has 0 amide bonds. The van der Waals surface area contributed by atoms with E-state index in [-0.39, 0.29) is 5.57 Å². The summed E-state index contributed by atoms with van der Waals surface area (Å²) in [4.78, 5) is 13.5. The molecule has 90 valence electrons. The zero-order valence-electron chi connectivity index (χ0n) is 10.6. The monoisotopic (exact) mass is 232 g/mol. The summed E-state index contributed by atoms with van der Waals surface area (Å²) in [6.07, 6.45) is 3.65. The van der Waals surface area contributed by atoms with Gasteiger partial charge in [-0.2, -0.15) is 5.26 Å². The van der Waals surface area contributed by atoms with Gasteiger partial charge in [0.2, 0.25) is 0 Å². The largest absolute Gasteiger partial charge is 0.465 e. The SMILES string of the molecule is CCN1C(C)=CC(=C(C#N)C(=O)OC)C=C1C. The van der Waals surface area contributed by atoms with Crippen LogP contribution in [0.2, 0.25) is 0 Å². The van der Waals surface area contributed by atoms with Crippen molar-refractivity contribution in [1.29, 1.82) is 5.26 Å². The van der Waals surface area contributed by atoms with E-state index in [0.717, 1.165) is 17.9 Å². The van der Waals surface area contributed by atoms with Crippen LogP contribution in [0.3, 0.4) is 0 Å². The van der Waals surface area contributed by atoms with E-state index in [9.17, 15) is 4.79 Å². The number of allylic oxidation sites excluding steroid dienone is 5. The van der Waals surface area contributed by atoms with Crippen LogP contribution in [0.4, 0.5) is 0 Å². The Balaban J connectivity index is 3.26. The van der Waals surface area contributed by atoms with Crippen molar-refractivity contribution in [1.82, 2.24) is 4.90 Å². The highest BCUT2D eigenvalue weighted by Gasteiger charge is 2.18. The van der Waals surface area contributed by atoms with Crippen LogP contribution in [0.15, 0.2) is 34.7 Å². The number of hydrogen-bond acceptors (Lipinski definition) is 4. The second-order valence-corrected chi connectivity index (χ2v) is 3.75. The van der Waals surface area contributed by atoms with Crippen LogP contribution in [0, 0.1) is 11.3 Å². The molecule has 4 nitrogen and oxygen atoms in total. The van der Waals surface area contributed by atoms with Gasteiger partial charge in [0.05, 0.1) is 7.11 Å². The Hall–Kier alpha value is -2.02. The third kappa shape index (κ3) is 2.56. The van der Waals surface area contributed by atoms with Crippen LogP contribution in [-0.2, 0) is 9.53 Å². The van der Waals surface area contributed by atoms with E-state index < -0.39 is 5.97 Å². The van der Waals surface area contributed by atoms with Crippen LogP contribution in [0.5, 0.6) is 0 Å². The van der Waals surface area contributed by atoms with Crippen molar-refractivity contribution < 1.29 is 9.53 Å². The van der Waals surface area contributed by atoms with E-state index in [1.807, 2.05) is 32.1 Å². The van der Waals surface area contributed by atoms with Crippen molar-refractivity contribution in [2.75, 3.05) is 13.7 Å². The van der Waals surface area contributed by atoms with Gasteiger partial charge in [0.1, 0.15) is 11.6 Å². The Morgan fingerprint density at radius 1 is 1.41 bits per heavy atom. The summed E-state index contributed by atoms with van der Waals surface area (Å²) in [6.45, 7) is 6.81. The Labute approximate surface area is 101 Å². The van der Waals surface area contributed by atoms with Gasteiger partial charge in [0, 0.05) is 23.5 Å². The quantitative estimate of drug-likeness (QED) is 0.416. The van der Waals surface area contributed by atoms with Gasteiger partial charge in [-0.1, -0.05) is 0 Å². The molecule has 0 atom stereocenters. The number of esters is 1. The molecule has 0 fully saturated rings. The van der Waals surface area contributed by atoms with E-state index in [1.165, 1.54) is 7.11 Å². The number of methoxy groups -OCH3 is 1. The first kappa shape index (κ1) is 13.0. The summed E-state index contributed by atoms with van der Waals surface area (Å²) >= 11 is 0. The molecule has 0 aromatic carbocycles. The average Bonchev–Trinajstić information content (AvgIpc) is 2.29. The molecule has 1 rings (SSSR count). The lowest BCUT2D eigenvalue weighted by molar-refractivity contribution is -0.135. The fourth-order valence-electron chi connectivity index (χ4n) is 1.90. The number of carbonyl (C=O) groups is 1. The molecule has 0 aromatic rings. The molecule has 0 radical (unpaired) electrons. The van der Waals surface area contributed by atoms with Gasteiger partial charge in [-0.05, 0) is 32.9 Å². The highest BCUT2D eigenvalue weighted by molar-refractivity contribution is 5.95. The molecule has 1 aliphatic heterocycles. The van der Waals surface area contributed by atoms with Crippen LogP contribution < -0.4 is 0 Å². The maximum Gasteiger partial charge on any atom is 0.349 e. The smallest absolute Gasteiger partial charge is 0.349 e. The minimum atomic E-state index is -0.597. The van der Waals surface area contributed by atoms with E-state index in [0.29, 0.717) is 5.57 Å². The maximum atomic E-state index is 11.4. The summed E-state index contributed by atoms with van der Waals surface area (Å²) in [5.74, 6) is -0.597. The molecule has 0 spiro atoms. The zero-order chi connectivity index (χ0) is 13.0. The lowest BCUT2D eigenvalue weighted by atomic mass is 10.0. The number of nitriles is 1. The number of ether oxygens (including phenoxy) is 1. The normalized spacial score (nSPS) is 14.8. The predicted molar refractivity (Wildman–Crippen MR) is 64.5 cm³/mol. The van der Waals surface area contributed by atoms with E-state index >= 15 is 0 Å². The van der Waals surface area contributed by atoms with Gasteiger partial charge in [-0.3, -0.25) is 0 Å². The number of carbonyl (C=O) groups excluding carboxylic acids is 1. The number of nitrogens with zero attached hydrogens (tertiary/aromatic N) is 2.